The molecule has 0 spiro atoms. The molecule has 2 heterocycles. The van der Waals surface area contributed by atoms with Gasteiger partial charge in [0.15, 0.2) is 5.82 Å². The zero-order valence-electron chi connectivity index (χ0n) is 17.0. The molecule has 6 nitrogen and oxygen atoms in total. The normalized spacial score (nSPS) is 11.0. The highest BCUT2D eigenvalue weighted by atomic mass is 16.5. The van der Waals surface area contributed by atoms with Gasteiger partial charge in [-0.2, -0.15) is 5.10 Å². The number of methoxy groups -OCH3 is 1. The van der Waals surface area contributed by atoms with Gasteiger partial charge in [0.2, 0.25) is 0 Å². The average molecular weight is 388 g/mol. The lowest BCUT2D eigenvalue weighted by Crippen LogP contribution is -2.12. The van der Waals surface area contributed by atoms with Crippen LogP contribution < -0.4 is 10.1 Å². The third-order valence-electron chi connectivity index (χ3n) is 5.29. The number of aromatic nitrogens is 3. The van der Waals surface area contributed by atoms with Gasteiger partial charge in [-0.05, 0) is 62.2 Å². The second-order valence-electron chi connectivity index (χ2n) is 7.12. The number of hydrogen-bond donors (Lipinski definition) is 2. The van der Waals surface area contributed by atoms with Crippen LogP contribution in [-0.4, -0.2) is 27.8 Å². The van der Waals surface area contributed by atoms with Crippen molar-refractivity contribution >= 4 is 22.6 Å². The molecule has 0 aliphatic rings. The fourth-order valence-corrected chi connectivity index (χ4v) is 3.51. The van der Waals surface area contributed by atoms with E-state index in [1.165, 1.54) is 0 Å². The first-order valence-corrected chi connectivity index (χ1v) is 9.62. The van der Waals surface area contributed by atoms with Crippen molar-refractivity contribution in [2.45, 2.75) is 27.3 Å². The SMILES string of the molecule is CCn1c(-c2cc(NC(=O)c3ccc(C)c(C)c3)n[nH]2)cc2ccc(OC)cc21. The first kappa shape index (κ1) is 18.8. The number of fused-ring (bicyclic) bond motifs is 1. The first-order valence-electron chi connectivity index (χ1n) is 9.62. The van der Waals surface area contributed by atoms with Crippen LogP contribution in [0.2, 0.25) is 0 Å². The van der Waals surface area contributed by atoms with Gasteiger partial charge >= 0.3 is 0 Å². The molecule has 0 radical (unpaired) electrons. The van der Waals surface area contributed by atoms with Gasteiger partial charge in [-0.25, -0.2) is 0 Å². The Morgan fingerprint density at radius 1 is 1.10 bits per heavy atom. The number of ether oxygens (including phenoxy) is 1. The lowest BCUT2D eigenvalue weighted by atomic mass is 10.1. The van der Waals surface area contributed by atoms with Crippen LogP contribution in [0.4, 0.5) is 5.82 Å². The summed E-state index contributed by atoms with van der Waals surface area (Å²) >= 11 is 0. The number of carbonyl (C=O) groups excluding carboxylic acids is 1. The maximum atomic E-state index is 12.6. The Kier molecular flexibility index (Phi) is 4.84. The number of anilines is 1. The molecule has 4 rings (SSSR count). The van der Waals surface area contributed by atoms with Crippen LogP contribution in [0.1, 0.15) is 28.4 Å². The van der Waals surface area contributed by atoms with Crippen LogP contribution in [-0.2, 0) is 6.54 Å². The van der Waals surface area contributed by atoms with Gasteiger partial charge < -0.3 is 14.6 Å². The minimum absolute atomic E-state index is 0.174. The summed E-state index contributed by atoms with van der Waals surface area (Å²) in [4.78, 5) is 12.6. The number of nitrogens with one attached hydrogen (secondary N) is 2. The Morgan fingerprint density at radius 2 is 1.93 bits per heavy atom. The van der Waals surface area contributed by atoms with Crippen LogP contribution in [0, 0.1) is 13.8 Å². The summed E-state index contributed by atoms with van der Waals surface area (Å²) in [5.74, 6) is 1.14. The quantitative estimate of drug-likeness (QED) is 0.509. The topological polar surface area (TPSA) is 71.9 Å². The number of aromatic amines is 1. The predicted molar refractivity (Wildman–Crippen MR) is 116 cm³/mol. The van der Waals surface area contributed by atoms with Crippen LogP contribution in [0.15, 0.2) is 48.5 Å². The lowest BCUT2D eigenvalue weighted by Gasteiger charge is -2.07. The Balaban J connectivity index is 1.63. The van der Waals surface area contributed by atoms with Crippen LogP contribution in [0.25, 0.3) is 22.3 Å². The van der Waals surface area contributed by atoms with Crippen molar-refractivity contribution in [3.63, 3.8) is 0 Å². The Hall–Kier alpha value is -3.54. The molecule has 148 valence electrons. The van der Waals surface area contributed by atoms with Crippen molar-refractivity contribution in [1.29, 1.82) is 0 Å². The third kappa shape index (κ3) is 3.49. The lowest BCUT2D eigenvalue weighted by molar-refractivity contribution is 0.102. The van der Waals surface area contributed by atoms with E-state index in [0.717, 1.165) is 45.7 Å². The molecule has 0 unspecified atom stereocenters. The second-order valence-corrected chi connectivity index (χ2v) is 7.12. The van der Waals surface area contributed by atoms with Gasteiger partial charge in [-0.15, -0.1) is 0 Å². The molecule has 6 heteroatoms. The zero-order chi connectivity index (χ0) is 20.5. The van der Waals surface area contributed by atoms with Gasteiger partial charge in [-0.1, -0.05) is 6.07 Å². The van der Waals surface area contributed by atoms with Gasteiger partial charge in [0, 0.05) is 29.6 Å². The Morgan fingerprint density at radius 3 is 2.66 bits per heavy atom. The molecule has 0 atom stereocenters. The largest absolute Gasteiger partial charge is 0.497 e. The van der Waals surface area contributed by atoms with Gasteiger partial charge in [-0.3, -0.25) is 9.89 Å². The number of aryl methyl sites for hydroxylation is 3. The van der Waals surface area contributed by atoms with Crippen molar-refractivity contribution < 1.29 is 9.53 Å². The van der Waals surface area contributed by atoms with Gasteiger partial charge in [0.05, 0.1) is 24.0 Å². The maximum Gasteiger partial charge on any atom is 0.256 e. The molecule has 1 amide bonds. The summed E-state index contributed by atoms with van der Waals surface area (Å²) < 4.78 is 7.56. The van der Waals surface area contributed by atoms with E-state index in [1.54, 1.807) is 7.11 Å². The number of amides is 1. The number of nitrogens with zero attached hydrogens (tertiary/aromatic N) is 2. The highest BCUT2D eigenvalue weighted by molar-refractivity contribution is 6.04. The summed E-state index contributed by atoms with van der Waals surface area (Å²) in [5, 5.41) is 11.3. The fraction of sp³-hybridized carbons (Fsp3) is 0.217. The maximum absolute atomic E-state index is 12.6. The fourth-order valence-electron chi connectivity index (χ4n) is 3.51. The van der Waals surface area contributed by atoms with E-state index < -0.39 is 0 Å². The predicted octanol–water partition coefficient (Wildman–Crippen LogP) is 4.93. The molecule has 0 fully saturated rings. The summed E-state index contributed by atoms with van der Waals surface area (Å²) in [6, 6.07) is 15.7. The molecular weight excluding hydrogens is 364 g/mol. The number of H-pyrrole nitrogens is 1. The van der Waals surface area contributed by atoms with Crippen molar-refractivity contribution in [3.8, 4) is 17.1 Å². The highest BCUT2D eigenvalue weighted by Crippen LogP contribution is 2.30. The molecule has 0 saturated heterocycles. The molecule has 2 aromatic heterocycles. The van der Waals surface area contributed by atoms with Crippen LogP contribution >= 0.6 is 0 Å². The van der Waals surface area contributed by atoms with E-state index in [2.05, 4.69) is 33.1 Å². The van der Waals surface area contributed by atoms with E-state index >= 15 is 0 Å². The molecule has 0 saturated carbocycles. The van der Waals surface area contributed by atoms with Crippen LogP contribution in [0.3, 0.4) is 0 Å². The van der Waals surface area contributed by atoms with Crippen LogP contribution in [0.5, 0.6) is 5.75 Å². The summed E-state index contributed by atoms with van der Waals surface area (Å²) in [6.45, 7) is 6.92. The monoisotopic (exact) mass is 388 g/mol. The zero-order valence-corrected chi connectivity index (χ0v) is 17.0. The Labute approximate surface area is 169 Å². The molecule has 0 bridgehead atoms. The summed E-state index contributed by atoms with van der Waals surface area (Å²) in [5.41, 5.74) is 5.81. The van der Waals surface area contributed by atoms with E-state index in [9.17, 15) is 4.79 Å². The number of benzene rings is 2. The van der Waals surface area contributed by atoms with E-state index in [0.29, 0.717) is 11.4 Å². The van der Waals surface area contributed by atoms with E-state index in [4.69, 9.17) is 4.74 Å². The van der Waals surface area contributed by atoms with E-state index in [-0.39, 0.29) is 5.91 Å². The molecule has 0 aliphatic heterocycles. The standard InChI is InChI=1S/C23H24N4O2/c1-5-27-20-12-18(29-4)9-8-16(20)11-21(27)19-13-22(26-25-19)24-23(28)17-7-6-14(2)15(3)10-17/h6-13H,5H2,1-4H3,(H2,24,25,26,28). The smallest absolute Gasteiger partial charge is 0.256 e. The number of carbonyl (C=O) groups is 1. The van der Waals surface area contributed by atoms with E-state index in [1.807, 2.05) is 56.3 Å². The Bertz CT molecular complexity index is 1200. The molecule has 4 aromatic rings. The molecule has 29 heavy (non-hydrogen) atoms. The molecule has 0 aliphatic carbocycles. The third-order valence-corrected chi connectivity index (χ3v) is 5.29. The van der Waals surface area contributed by atoms with Crippen molar-refractivity contribution in [1.82, 2.24) is 14.8 Å². The number of rotatable bonds is 5. The second kappa shape index (κ2) is 7.47. The molecular formula is C23H24N4O2. The van der Waals surface area contributed by atoms with Crippen molar-refractivity contribution in [3.05, 3.63) is 65.2 Å². The first-order chi connectivity index (χ1) is 14.0. The molecule has 2 aromatic carbocycles. The van der Waals surface area contributed by atoms with Crippen molar-refractivity contribution in [2.24, 2.45) is 0 Å². The molecule has 2 N–H and O–H groups in total. The van der Waals surface area contributed by atoms with Gasteiger partial charge in [0.1, 0.15) is 5.75 Å². The number of hydrogen-bond acceptors (Lipinski definition) is 3. The highest BCUT2D eigenvalue weighted by Gasteiger charge is 2.15. The van der Waals surface area contributed by atoms with Gasteiger partial charge in [0.25, 0.3) is 5.91 Å². The average Bonchev–Trinajstić information content (AvgIpc) is 3.33. The summed E-state index contributed by atoms with van der Waals surface area (Å²) in [6.07, 6.45) is 0. The summed E-state index contributed by atoms with van der Waals surface area (Å²) in [7, 11) is 1.67. The minimum Gasteiger partial charge on any atom is -0.497 e. The van der Waals surface area contributed by atoms with Crippen molar-refractivity contribution in [2.75, 3.05) is 12.4 Å². The minimum atomic E-state index is -0.174.